The average Bonchev–Trinajstić information content (AvgIpc) is 2.91. The number of halogens is 1. The first-order chi connectivity index (χ1) is 9.78. The van der Waals surface area contributed by atoms with E-state index >= 15 is 0 Å². The highest BCUT2D eigenvalue weighted by Crippen LogP contribution is 2.61. The summed E-state index contributed by atoms with van der Waals surface area (Å²) in [4.78, 5) is 0. The van der Waals surface area contributed by atoms with Crippen LogP contribution in [0.4, 0.5) is 0 Å². The van der Waals surface area contributed by atoms with Gasteiger partial charge in [-0.2, -0.15) is 5.10 Å². The van der Waals surface area contributed by atoms with E-state index in [1.165, 1.54) is 63.5 Å². The minimum absolute atomic E-state index is 0.513. The van der Waals surface area contributed by atoms with Gasteiger partial charge in [0.25, 0.3) is 0 Å². The van der Waals surface area contributed by atoms with E-state index in [0.29, 0.717) is 11.5 Å². The number of rotatable bonds is 4. The molecule has 3 aliphatic carbocycles. The van der Waals surface area contributed by atoms with Gasteiger partial charge in [-0.25, -0.2) is 0 Å². The lowest BCUT2D eigenvalue weighted by molar-refractivity contribution is 0.297. The third-order valence-electron chi connectivity index (χ3n) is 5.91. The maximum Gasteiger partial charge on any atom is 0.0630 e. The van der Waals surface area contributed by atoms with E-state index in [1.54, 1.807) is 0 Å². The van der Waals surface area contributed by atoms with Crippen molar-refractivity contribution in [2.45, 2.75) is 63.8 Å². The second-order valence-electron chi connectivity index (χ2n) is 7.55. The van der Waals surface area contributed by atoms with Crippen molar-refractivity contribution in [3.8, 4) is 0 Å². The maximum atomic E-state index is 4.93. The van der Waals surface area contributed by atoms with Gasteiger partial charge in [-0.15, -0.1) is 0 Å². The van der Waals surface area contributed by atoms with E-state index in [1.807, 2.05) is 0 Å². The van der Waals surface area contributed by atoms with Crippen molar-refractivity contribution in [3.63, 3.8) is 0 Å². The van der Waals surface area contributed by atoms with Gasteiger partial charge in [0.2, 0.25) is 0 Å². The summed E-state index contributed by atoms with van der Waals surface area (Å²) in [7, 11) is 0. The van der Waals surface area contributed by atoms with Gasteiger partial charge in [-0.1, -0.05) is 35.2 Å². The summed E-state index contributed by atoms with van der Waals surface area (Å²) in [5.41, 5.74) is 1.84. The van der Waals surface area contributed by atoms with E-state index in [4.69, 9.17) is 5.10 Å². The summed E-state index contributed by atoms with van der Waals surface area (Å²) in [6.07, 6.45) is 14.6. The van der Waals surface area contributed by atoms with Gasteiger partial charge in [0.15, 0.2) is 0 Å². The fraction of sp³-hybridized carbons (Fsp3) is 0.824. The number of aromatic nitrogens is 2. The number of alkyl halides is 1. The van der Waals surface area contributed by atoms with Gasteiger partial charge in [-0.3, -0.25) is 4.68 Å². The SMILES string of the molecule is BrCC1(Cc2ccn(C3CCCCC3)n2)CC2CC2C1. The van der Waals surface area contributed by atoms with Crippen molar-refractivity contribution in [3.05, 3.63) is 18.0 Å². The monoisotopic (exact) mass is 336 g/mol. The number of nitrogens with zero attached hydrogens (tertiary/aromatic N) is 2. The molecule has 0 amide bonds. The number of hydrogen-bond donors (Lipinski definition) is 0. The molecule has 0 spiro atoms. The second kappa shape index (κ2) is 5.15. The van der Waals surface area contributed by atoms with Crippen LogP contribution in [0.25, 0.3) is 0 Å². The van der Waals surface area contributed by atoms with E-state index in [-0.39, 0.29) is 0 Å². The van der Waals surface area contributed by atoms with E-state index in [0.717, 1.165) is 17.2 Å². The molecule has 3 fully saturated rings. The van der Waals surface area contributed by atoms with Crippen LogP contribution in [-0.2, 0) is 6.42 Å². The fourth-order valence-corrected chi connectivity index (χ4v) is 5.37. The zero-order valence-electron chi connectivity index (χ0n) is 12.2. The largest absolute Gasteiger partial charge is 0.269 e. The molecule has 1 aromatic heterocycles. The van der Waals surface area contributed by atoms with Crippen LogP contribution in [-0.4, -0.2) is 15.1 Å². The molecular weight excluding hydrogens is 312 g/mol. The third kappa shape index (κ3) is 2.47. The Morgan fingerprint density at radius 3 is 2.65 bits per heavy atom. The third-order valence-corrected chi connectivity index (χ3v) is 7.10. The predicted molar refractivity (Wildman–Crippen MR) is 85.1 cm³/mol. The Balaban J connectivity index is 1.45. The average molecular weight is 337 g/mol. The zero-order chi connectivity index (χ0) is 13.6. The van der Waals surface area contributed by atoms with Gasteiger partial charge in [-0.05, 0) is 61.8 Å². The number of hydrogen-bond acceptors (Lipinski definition) is 1. The minimum atomic E-state index is 0.513. The Kier molecular flexibility index (Phi) is 3.44. The molecule has 4 rings (SSSR count). The molecule has 2 atom stereocenters. The van der Waals surface area contributed by atoms with Crippen LogP contribution in [0.5, 0.6) is 0 Å². The lowest BCUT2D eigenvalue weighted by atomic mass is 9.81. The molecule has 3 saturated carbocycles. The van der Waals surface area contributed by atoms with Gasteiger partial charge in [0.1, 0.15) is 0 Å². The Morgan fingerprint density at radius 1 is 1.20 bits per heavy atom. The number of fused-ring (bicyclic) bond motifs is 1. The molecule has 0 radical (unpaired) electrons. The van der Waals surface area contributed by atoms with Crippen molar-refractivity contribution >= 4 is 15.9 Å². The van der Waals surface area contributed by atoms with Crippen molar-refractivity contribution in [1.82, 2.24) is 9.78 Å². The quantitative estimate of drug-likeness (QED) is 0.726. The molecule has 1 heterocycles. The molecule has 0 saturated heterocycles. The fourth-order valence-electron chi connectivity index (χ4n) is 4.71. The molecule has 0 N–H and O–H groups in total. The van der Waals surface area contributed by atoms with Gasteiger partial charge >= 0.3 is 0 Å². The Hall–Kier alpha value is -0.310. The summed E-state index contributed by atoms with van der Waals surface area (Å²) >= 11 is 3.79. The standard InChI is InChI=1S/C17H25BrN2/c18-12-17(9-13-8-14(13)10-17)11-15-6-7-20(19-15)16-4-2-1-3-5-16/h6-7,13-14,16H,1-5,8-12H2. The summed E-state index contributed by atoms with van der Waals surface area (Å²) in [6, 6.07) is 2.96. The molecule has 1 aromatic rings. The Morgan fingerprint density at radius 2 is 1.95 bits per heavy atom. The van der Waals surface area contributed by atoms with Crippen LogP contribution in [0.2, 0.25) is 0 Å². The minimum Gasteiger partial charge on any atom is -0.269 e. The van der Waals surface area contributed by atoms with Crippen LogP contribution in [0.1, 0.15) is 63.1 Å². The summed E-state index contributed by atoms with van der Waals surface area (Å²) in [5, 5.41) is 6.08. The second-order valence-corrected chi connectivity index (χ2v) is 8.11. The normalized spacial score (nSPS) is 37.0. The zero-order valence-corrected chi connectivity index (χ0v) is 13.8. The Labute approximate surface area is 130 Å². The van der Waals surface area contributed by atoms with Crippen LogP contribution in [0, 0.1) is 17.3 Å². The molecule has 0 aliphatic heterocycles. The van der Waals surface area contributed by atoms with Gasteiger partial charge in [0, 0.05) is 11.5 Å². The van der Waals surface area contributed by atoms with E-state index in [9.17, 15) is 0 Å². The topological polar surface area (TPSA) is 17.8 Å². The van der Waals surface area contributed by atoms with Crippen molar-refractivity contribution in [2.24, 2.45) is 17.3 Å². The summed E-state index contributed by atoms with van der Waals surface area (Å²) in [5.74, 6) is 2.10. The predicted octanol–water partition coefficient (Wildman–Crippen LogP) is 4.74. The lowest BCUT2D eigenvalue weighted by Gasteiger charge is -2.28. The molecule has 20 heavy (non-hydrogen) atoms. The van der Waals surface area contributed by atoms with Gasteiger partial charge in [0.05, 0.1) is 11.7 Å². The smallest absolute Gasteiger partial charge is 0.0630 e. The molecule has 110 valence electrons. The lowest BCUT2D eigenvalue weighted by Crippen LogP contribution is -2.24. The molecular formula is C17H25BrN2. The molecule has 2 unspecified atom stereocenters. The Bertz CT molecular complexity index is 465. The highest BCUT2D eigenvalue weighted by molar-refractivity contribution is 9.09. The first-order valence-corrected chi connectivity index (χ1v) is 9.50. The van der Waals surface area contributed by atoms with Crippen LogP contribution in [0.15, 0.2) is 12.3 Å². The van der Waals surface area contributed by atoms with Crippen LogP contribution >= 0.6 is 15.9 Å². The van der Waals surface area contributed by atoms with Crippen LogP contribution < -0.4 is 0 Å². The summed E-state index contributed by atoms with van der Waals surface area (Å²) < 4.78 is 2.27. The molecule has 2 nitrogen and oxygen atoms in total. The van der Waals surface area contributed by atoms with Crippen molar-refractivity contribution in [1.29, 1.82) is 0 Å². The van der Waals surface area contributed by atoms with Crippen molar-refractivity contribution in [2.75, 3.05) is 5.33 Å². The maximum absolute atomic E-state index is 4.93. The van der Waals surface area contributed by atoms with Crippen LogP contribution in [0.3, 0.4) is 0 Å². The van der Waals surface area contributed by atoms with Gasteiger partial charge < -0.3 is 0 Å². The van der Waals surface area contributed by atoms with E-state index < -0.39 is 0 Å². The molecule has 3 heteroatoms. The molecule has 0 bridgehead atoms. The summed E-state index contributed by atoms with van der Waals surface area (Å²) in [6.45, 7) is 0. The van der Waals surface area contributed by atoms with Crippen molar-refractivity contribution < 1.29 is 0 Å². The van der Waals surface area contributed by atoms with E-state index in [2.05, 4.69) is 32.9 Å². The first kappa shape index (κ1) is 13.4. The molecule has 0 aromatic carbocycles. The molecule has 3 aliphatic rings. The first-order valence-electron chi connectivity index (χ1n) is 8.38. The highest BCUT2D eigenvalue weighted by atomic mass is 79.9. The highest BCUT2D eigenvalue weighted by Gasteiger charge is 2.53.